The molecule has 0 unspecified atom stereocenters. The van der Waals surface area contributed by atoms with Crippen LogP contribution >= 0.6 is 0 Å². The van der Waals surface area contributed by atoms with Gasteiger partial charge in [-0.25, -0.2) is 0 Å². The number of carbonyl (C=O) groups excluding carboxylic acids is 1. The average Bonchev–Trinajstić information content (AvgIpc) is 2.44. The molecule has 3 N–H and O–H groups in total. The molecular formula is C13H18N2O5. The van der Waals surface area contributed by atoms with Crippen LogP contribution in [0.2, 0.25) is 0 Å². The van der Waals surface area contributed by atoms with Crippen molar-refractivity contribution in [1.29, 1.82) is 0 Å². The molecule has 0 aromatic heterocycles. The lowest BCUT2D eigenvalue weighted by molar-refractivity contribution is -0.384. The third-order valence-electron chi connectivity index (χ3n) is 3.20. The summed E-state index contributed by atoms with van der Waals surface area (Å²) in [4.78, 5) is 22.3. The Kier molecular flexibility index (Phi) is 5.18. The molecule has 1 aromatic rings. The summed E-state index contributed by atoms with van der Waals surface area (Å²) in [5.74, 6) is -0.568. The van der Waals surface area contributed by atoms with Crippen LogP contribution in [-0.4, -0.2) is 39.8 Å². The fourth-order valence-electron chi connectivity index (χ4n) is 1.75. The second-order valence-corrected chi connectivity index (χ2v) is 4.72. The van der Waals surface area contributed by atoms with Crippen LogP contribution in [0.15, 0.2) is 18.2 Å². The summed E-state index contributed by atoms with van der Waals surface area (Å²) in [6, 6.07) is 4.04. The van der Waals surface area contributed by atoms with E-state index in [0.717, 1.165) is 6.07 Å². The van der Waals surface area contributed by atoms with Gasteiger partial charge >= 0.3 is 0 Å². The Labute approximate surface area is 116 Å². The number of aryl methyl sites for hydroxylation is 1. The number of nitro benzene ring substituents is 1. The van der Waals surface area contributed by atoms with Crippen molar-refractivity contribution < 1.29 is 19.9 Å². The number of rotatable bonds is 6. The molecule has 1 aromatic carbocycles. The molecule has 0 radical (unpaired) electrons. The van der Waals surface area contributed by atoms with Crippen molar-refractivity contribution in [2.24, 2.45) is 0 Å². The first-order valence-electron chi connectivity index (χ1n) is 6.18. The number of nitrogens with one attached hydrogen (secondary N) is 1. The van der Waals surface area contributed by atoms with E-state index in [-0.39, 0.29) is 11.3 Å². The number of nitrogens with zero attached hydrogens (tertiary/aromatic N) is 1. The number of benzene rings is 1. The Morgan fingerprint density at radius 1 is 1.35 bits per heavy atom. The number of hydrogen-bond acceptors (Lipinski definition) is 5. The molecule has 7 nitrogen and oxygen atoms in total. The SMILES string of the molecule is CCC(CO)(CO)NC(=O)c1cc(C)cc([N+](=O)[O-])c1. The first kappa shape index (κ1) is 16.1. The largest absolute Gasteiger partial charge is 0.394 e. The van der Waals surface area contributed by atoms with E-state index in [9.17, 15) is 25.1 Å². The Hall–Kier alpha value is -1.99. The zero-order valence-electron chi connectivity index (χ0n) is 11.4. The normalized spacial score (nSPS) is 11.2. The molecule has 0 saturated carbocycles. The molecule has 7 heteroatoms. The second kappa shape index (κ2) is 6.44. The molecule has 0 spiro atoms. The summed E-state index contributed by atoms with van der Waals surface area (Å²) in [5.41, 5.74) is -0.601. The van der Waals surface area contributed by atoms with Crippen LogP contribution in [0, 0.1) is 17.0 Å². The molecule has 110 valence electrons. The van der Waals surface area contributed by atoms with Gasteiger partial charge in [-0.15, -0.1) is 0 Å². The highest BCUT2D eigenvalue weighted by molar-refractivity contribution is 5.95. The highest BCUT2D eigenvalue weighted by atomic mass is 16.6. The minimum atomic E-state index is -1.13. The molecule has 0 aliphatic rings. The Morgan fingerprint density at radius 3 is 2.40 bits per heavy atom. The third-order valence-corrected chi connectivity index (χ3v) is 3.20. The van der Waals surface area contributed by atoms with Crippen LogP contribution in [-0.2, 0) is 0 Å². The summed E-state index contributed by atoms with van der Waals surface area (Å²) in [5, 5.41) is 31.9. The maximum Gasteiger partial charge on any atom is 0.270 e. The second-order valence-electron chi connectivity index (χ2n) is 4.72. The van der Waals surface area contributed by atoms with E-state index >= 15 is 0 Å². The summed E-state index contributed by atoms with van der Waals surface area (Å²) < 4.78 is 0. The molecule has 20 heavy (non-hydrogen) atoms. The van der Waals surface area contributed by atoms with E-state index in [0.29, 0.717) is 12.0 Å². The van der Waals surface area contributed by atoms with Crippen LogP contribution in [0.1, 0.15) is 29.3 Å². The number of amides is 1. The zero-order chi connectivity index (χ0) is 15.3. The molecule has 0 fully saturated rings. The summed E-state index contributed by atoms with van der Waals surface area (Å²) in [6.45, 7) is 2.53. The maximum absolute atomic E-state index is 12.1. The van der Waals surface area contributed by atoms with Crippen LogP contribution < -0.4 is 5.32 Å². The van der Waals surface area contributed by atoms with Gasteiger partial charge in [0.25, 0.3) is 11.6 Å². The average molecular weight is 282 g/mol. The predicted molar refractivity (Wildman–Crippen MR) is 72.5 cm³/mol. The van der Waals surface area contributed by atoms with Gasteiger partial charge in [0.05, 0.1) is 23.7 Å². The van der Waals surface area contributed by atoms with Crippen molar-refractivity contribution in [3.63, 3.8) is 0 Å². The van der Waals surface area contributed by atoms with Gasteiger partial charge in [0.2, 0.25) is 0 Å². The van der Waals surface area contributed by atoms with Crippen LogP contribution in [0.4, 0.5) is 5.69 Å². The summed E-state index contributed by atoms with van der Waals surface area (Å²) in [7, 11) is 0. The molecular weight excluding hydrogens is 264 g/mol. The number of hydrogen-bond donors (Lipinski definition) is 3. The molecule has 0 heterocycles. The number of aliphatic hydroxyl groups excluding tert-OH is 2. The van der Waals surface area contributed by atoms with E-state index < -0.39 is 29.6 Å². The van der Waals surface area contributed by atoms with E-state index in [1.54, 1.807) is 13.8 Å². The number of nitro groups is 1. The van der Waals surface area contributed by atoms with Gasteiger partial charge in [-0.05, 0) is 25.0 Å². The lowest BCUT2D eigenvalue weighted by Gasteiger charge is -2.29. The lowest BCUT2D eigenvalue weighted by Crippen LogP contribution is -2.53. The smallest absolute Gasteiger partial charge is 0.270 e. The fourth-order valence-corrected chi connectivity index (χ4v) is 1.75. The lowest BCUT2D eigenvalue weighted by atomic mass is 9.97. The molecule has 0 aliphatic carbocycles. The minimum absolute atomic E-state index is 0.122. The van der Waals surface area contributed by atoms with Crippen LogP contribution in [0.3, 0.4) is 0 Å². The maximum atomic E-state index is 12.1. The van der Waals surface area contributed by atoms with Gasteiger partial charge in [0.15, 0.2) is 0 Å². The van der Waals surface area contributed by atoms with E-state index in [4.69, 9.17) is 0 Å². The molecule has 0 saturated heterocycles. The highest BCUT2D eigenvalue weighted by Gasteiger charge is 2.29. The van der Waals surface area contributed by atoms with Crippen molar-refractivity contribution in [3.05, 3.63) is 39.4 Å². The molecule has 0 bridgehead atoms. The summed E-state index contributed by atoms with van der Waals surface area (Å²) in [6.07, 6.45) is 0.333. The highest BCUT2D eigenvalue weighted by Crippen LogP contribution is 2.18. The first-order chi connectivity index (χ1) is 9.37. The number of carbonyl (C=O) groups is 1. The van der Waals surface area contributed by atoms with Crippen molar-refractivity contribution in [3.8, 4) is 0 Å². The molecule has 0 atom stereocenters. The monoisotopic (exact) mass is 282 g/mol. The Morgan fingerprint density at radius 2 is 1.95 bits per heavy atom. The Bertz CT molecular complexity index is 503. The third kappa shape index (κ3) is 3.52. The van der Waals surface area contributed by atoms with E-state index in [1.165, 1.54) is 12.1 Å². The zero-order valence-corrected chi connectivity index (χ0v) is 11.4. The minimum Gasteiger partial charge on any atom is -0.394 e. The Balaban J connectivity index is 3.06. The quantitative estimate of drug-likeness (QED) is 0.527. The topological polar surface area (TPSA) is 113 Å². The molecule has 1 amide bonds. The fraction of sp³-hybridized carbons (Fsp3) is 0.462. The van der Waals surface area contributed by atoms with Gasteiger partial charge in [-0.2, -0.15) is 0 Å². The molecule has 0 aliphatic heterocycles. The van der Waals surface area contributed by atoms with Crippen LogP contribution in [0.25, 0.3) is 0 Å². The standard InChI is InChI=1S/C13H18N2O5/c1-3-13(7-16,8-17)14-12(18)10-4-9(2)5-11(6-10)15(19)20/h4-6,16-17H,3,7-8H2,1-2H3,(H,14,18). The van der Waals surface area contributed by atoms with Crippen molar-refractivity contribution >= 4 is 11.6 Å². The van der Waals surface area contributed by atoms with Gasteiger partial charge in [-0.1, -0.05) is 6.92 Å². The van der Waals surface area contributed by atoms with Crippen molar-refractivity contribution in [2.75, 3.05) is 13.2 Å². The van der Waals surface area contributed by atoms with Gasteiger partial charge < -0.3 is 15.5 Å². The number of aliphatic hydroxyl groups is 2. The summed E-state index contributed by atoms with van der Waals surface area (Å²) >= 11 is 0. The van der Waals surface area contributed by atoms with E-state index in [1.807, 2.05) is 0 Å². The predicted octanol–water partition coefficient (Wildman–Crippen LogP) is 0.766. The number of non-ortho nitro benzene ring substituents is 1. The van der Waals surface area contributed by atoms with Gasteiger partial charge in [0, 0.05) is 17.7 Å². The van der Waals surface area contributed by atoms with Gasteiger partial charge in [0.1, 0.15) is 0 Å². The van der Waals surface area contributed by atoms with Gasteiger partial charge in [-0.3, -0.25) is 14.9 Å². The van der Waals surface area contributed by atoms with Crippen molar-refractivity contribution in [2.45, 2.75) is 25.8 Å². The van der Waals surface area contributed by atoms with Crippen molar-refractivity contribution in [1.82, 2.24) is 5.32 Å². The van der Waals surface area contributed by atoms with Crippen LogP contribution in [0.5, 0.6) is 0 Å². The van der Waals surface area contributed by atoms with E-state index in [2.05, 4.69) is 5.32 Å². The molecule has 1 rings (SSSR count). The first-order valence-corrected chi connectivity index (χ1v) is 6.18.